The van der Waals surface area contributed by atoms with Crippen LogP contribution in [0.15, 0.2) is 82.8 Å². The van der Waals surface area contributed by atoms with Crippen LogP contribution in [0, 0.1) is 12.7 Å². The van der Waals surface area contributed by atoms with Crippen LogP contribution in [0.4, 0.5) is 4.39 Å². The number of aliphatic hydroxyl groups is 1. The van der Waals surface area contributed by atoms with Crippen molar-refractivity contribution in [2.75, 3.05) is 0 Å². The van der Waals surface area contributed by atoms with E-state index in [2.05, 4.69) is 15.9 Å². The first-order chi connectivity index (χ1) is 14.9. The highest BCUT2D eigenvalue weighted by molar-refractivity contribution is 9.10. The summed E-state index contributed by atoms with van der Waals surface area (Å²) in [6.45, 7) is 1.99. The molecule has 0 aromatic heterocycles. The fraction of sp³-hybridized carbons (Fsp3) is 0.120. The average Bonchev–Trinajstić information content (AvgIpc) is 3.02. The third-order valence-corrected chi connectivity index (χ3v) is 6.24. The van der Waals surface area contributed by atoms with Gasteiger partial charge in [0.2, 0.25) is 0 Å². The van der Waals surface area contributed by atoms with Crippen molar-refractivity contribution >= 4 is 33.4 Å². The highest BCUT2D eigenvalue weighted by Gasteiger charge is 2.46. The van der Waals surface area contributed by atoms with Crippen LogP contribution >= 0.6 is 15.9 Å². The molecule has 3 aromatic carbocycles. The maximum absolute atomic E-state index is 13.3. The fourth-order valence-electron chi connectivity index (χ4n) is 3.76. The molecule has 1 atom stereocenters. The molecule has 0 aliphatic carbocycles. The summed E-state index contributed by atoms with van der Waals surface area (Å²) in [5, 5.41) is 11.1. The predicted octanol–water partition coefficient (Wildman–Crippen LogP) is 5.52. The number of carbonyl (C=O) groups excluding carboxylic acids is 2. The molecule has 1 aliphatic heterocycles. The SMILES string of the molecule is Cc1cc(/C(O)=C2/C(=O)C(=O)N(Cc3ccc(F)cc3)C2c2ccccc2)ccc1Br. The molecule has 1 heterocycles. The van der Waals surface area contributed by atoms with E-state index < -0.39 is 17.7 Å². The molecule has 1 fully saturated rings. The largest absolute Gasteiger partial charge is 0.507 e. The van der Waals surface area contributed by atoms with E-state index in [9.17, 15) is 19.1 Å². The van der Waals surface area contributed by atoms with E-state index in [1.54, 1.807) is 30.3 Å². The van der Waals surface area contributed by atoms with Gasteiger partial charge in [-0.05, 0) is 47.9 Å². The van der Waals surface area contributed by atoms with Crippen LogP contribution < -0.4 is 0 Å². The van der Waals surface area contributed by atoms with Crippen molar-refractivity contribution < 1.29 is 19.1 Å². The Morgan fingerprint density at radius 3 is 2.35 bits per heavy atom. The topological polar surface area (TPSA) is 57.6 Å². The summed E-state index contributed by atoms with van der Waals surface area (Å²) < 4.78 is 14.2. The van der Waals surface area contributed by atoms with Crippen molar-refractivity contribution in [3.63, 3.8) is 0 Å². The smallest absolute Gasteiger partial charge is 0.295 e. The quantitative estimate of drug-likeness (QED) is 0.304. The first-order valence-electron chi connectivity index (χ1n) is 9.71. The second-order valence-corrected chi connectivity index (χ2v) is 8.28. The van der Waals surface area contributed by atoms with Gasteiger partial charge in [-0.2, -0.15) is 0 Å². The molecule has 156 valence electrons. The van der Waals surface area contributed by atoms with Crippen LogP contribution in [0.1, 0.15) is 28.3 Å². The van der Waals surface area contributed by atoms with E-state index in [0.29, 0.717) is 16.7 Å². The maximum Gasteiger partial charge on any atom is 0.295 e. The van der Waals surface area contributed by atoms with Crippen molar-refractivity contribution in [1.82, 2.24) is 4.90 Å². The van der Waals surface area contributed by atoms with E-state index in [1.807, 2.05) is 37.3 Å². The number of Topliss-reactive ketones (excluding diaryl/α,β-unsaturated/α-hetero) is 1. The number of nitrogens with zero attached hydrogens (tertiary/aromatic N) is 1. The summed E-state index contributed by atoms with van der Waals surface area (Å²) in [7, 11) is 0. The lowest BCUT2D eigenvalue weighted by atomic mass is 9.95. The summed E-state index contributed by atoms with van der Waals surface area (Å²) in [4.78, 5) is 27.4. The Kier molecular flexibility index (Phi) is 5.74. The van der Waals surface area contributed by atoms with Gasteiger partial charge < -0.3 is 10.0 Å². The second-order valence-electron chi connectivity index (χ2n) is 7.43. The van der Waals surface area contributed by atoms with Crippen molar-refractivity contribution in [3.8, 4) is 0 Å². The lowest BCUT2D eigenvalue weighted by Gasteiger charge is -2.25. The number of ketones is 1. The molecule has 0 radical (unpaired) electrons. The Morgan fingerprint density at radius 1 is 1.03 bits per heavy atom. The number of carbonyl (C=O) groups is 2. The molecule has 1 saturated heterocycles. The van der Waals surface area contributed by atoms with Gasteiger partial charge in [0.15, 0.2) is 0 Å². The van der Waals surface area contributed by atoms with Gasteiger partial charge in [-0.25, -0.2) is 4.39 Å². The highest BCUT2D eigenvalue weighted by atomic mass is 79.9. The first-order valence-corrected chi connectivity index (χ1v) is 10.5. The van der Waals surface area contributed by atoms with Gasteiger partial charge in [-0.15, -0.1) is 0 Å². The Labute approximate surface area is 187 Å². The molecule has 0 bridgehead atoms. The van der Waals surface area contributed by atoms with Gasteiger partial charge in [-0.1, -0.05) is 64.5 Å². The minimum Gasteiger partial charge on any atom is -0.507 e. The molecule has 1 unspecified atom stereocenters. The monoisotopic (exact) mass is 479 g/mol. The summed E-state index contributed by atoms with van der Waals surface area (Å²) in [6, 6.07) is 19.4. The standard InChI is InChI=1S/C25H19BrFNO3/c1-15-13-18(9-12-20(15)26)23(29)21-22(17-5-3-2-4-6-17)28(25(31)24(21)30)14-16-7-10-19(27)11-8-16/h2-13,22,29H,14H2,1H3/b23-21-. The predicted molar refractivity (Wildman–Crippen MR) is 120 cm³/mol. The molecule has 1 aliphatic rings. The van der Waals surface area contributed by atoms with Gasteiger partial charge in [0.05, 0.1) is 11.6 Å². The number of rotatable bonds is 4. The number of aliphatic hydroxyl groups excluding tert-OH is 1. The van der Waals surface area contributed by atoms with Crippen LogP contribution in [-0.2, 0) is 16.1 Å². The molecule has 6 heteroatoms. The van der Waals surface area contributed by atoms with Crippen LogP contribution in [0.2, 0.25) is 0 Å². The number of aryl methyl sites for hydroxylation is 1. The minimum absolute atomic E-state index is 0.0417. The zero-order valence-corrected chi connectivity index (χ0v) is 18.3. The molecule has 1 N–H and O–H groups in total. The van der Waals surface area contributed by atoms with Crippen LogP contribution in [0.25, 0.3) is 5.76 Å². The number of benzene rings is 3. The third-order valence-electron chi connectivity index (χ3n) is 5.35. The van der Waals surface area contributed by atoms with Gasteiger partial charge >= 0.3 is 0 Å². The summed E-state index contributed by atoms with van der Waals surface area (Å²) >= 11 is 3.43. The Balaban J connectivity index is 1.85. The Morgan fingerprint density at radius 2 is 1.71 bits per heavy atom. The van der Waals surface area contributed by atoms with E-state index >= 15 is 0 Å². The van der Waals surface area contributed by atoms with Crippen LogP contribution in [-0.4, -0.2) is 21.7 Å². The van der Waals surface area contributed by atoms with E-state index in [-0.39, 0.29) is 23.7 Å². The molecular formula is C25H19BrFNO3. The van der Waals surface area contributed by atoms with Crippen molar-refractivity contribution in [2.45, 2.75) is 19.5 Å². The Bertz CT molecular complexity index is 1190. The molecule has 0 saturated carbocycles. The van der Waals surface area contributed by atoms with Gasteiger partial charge in [0.25, 0.3) is 11.7 Å². The van der Waals surface area contributed by atoms with E-state index in [0.717, 1.165) is 10.0 Å². The van der Waals surface area contributed by atoms with Gasteiger partial charge in [-0.3, -0.25) is 9.59 Å². The molecule has 4 rings (SSSR count). The van der Waals surface area contributed by atoms with Crippen molar-refractivity contribution in [3.05, 3.63) is 111 Å². The zero-order valence-electron chi connectivity index (χ0n) is 16.7. The molecule has 3 aromatic rings. The molecule has 1 amide bonds. The summed E-state index contributed by atoms with van der Waals surface area (Å²) in [5.41, 5.74) is 2.78. The van der Waals surface area contributed by atoms with E-state index in [1.165, 1.54) is 17.0 Å². The number of amides is 1. The Hall–Kier alpha value is -3.25. The zero-order chi connectivity index (χ0) is 22.1. The third kappa shape index (κ3) is 4.03. The van der Waals surface area contributed by atoms with E-state index in [4.69, 9.17) is 0 Å². The molecule has 4 nitrogen and oxygen atoms in total. The molecular weight excluding hydrogens is 461 g/mol. The van der Waals surface area contributed by atoms with Crippen LogP contribution in [0.5, 0.6) is 0 Å². The molecule has 31 heavy (non-hydrogen) atoms. The number of hydrogen-bond acceptors (Lipinski definition) is 3. The lowest BCUT2D eigenvalue weighted by molar-refractivity contribution is -0.140. The number of likely N-dealkylation sites (tertiary alicyclic amines) is 1. The van der Waals surface area contributed by atoms with Gasteiger partial charge in [0, 0.05) is 16.6 Å². The minimum atomic E-state index is -0.754. The van der Waals surface area contributed by atoms with Crippen molar-refractivity contribution in [2.24, 2.45) is 0 Å². The van der Waals surface area contributed by atoms with Crippen molar-refractivity contribution in [1.29, 1.82) is 0 Å². The fourth-order valence-corrected chi connectivity index (χ4v) is 4.01. The molecule has 0 spiro atoms. The average molecular weight is 480 g/mol. The normalized spacial score (nSPS) is 17.9. The summed E-state index contributed by atoms with van der Waals surface area (Å²) in [5.74, 6) is -2.04. The number of halogens is 2. The first kappa shape index (κ1) is 21.0. The van der Waals surface area contributed by atoms with Crippen LogP contribution in [0.3, 0.4) is 0 Å². The highest BCUT2D eigenvalue weighted by Crippen LogP contribution is 2.40. The lowest BCUT2D eigenvalue weighted by Crippen LogP contribution is -2.29. The number of hydrogen-bond donors (Lipinski definition) is 1. The van der Waals surface area contributed by atoms with Gasteiger partial charge in [0.1, 0.15) is 11.6 Å². The maximum atomic E-state index is 13.3. The second kappa shape index (κ2) is 8.47. The summed E-state index contributed by atoms with van der Waals surface area (Å²) in [6.07, 6.45) is 0.